The van der Waals surface area contributed by atoms with Crippen LogP contribution in [0.4, 0.5) is 0 Å². The number of aromatic nitrogens is 2. The maximum atomic E-state index is 6.22. The molecule has 3 heteroatoms. The van der Waals surface area contributed by atoms with Crippen molar-refractivity contribution in [1.82, 2.24) is 9.55 Å². The summed E-state index contributed by atoms with van der Waals surface area (Å²) in [7, 11) is 0. The molecule has 1 aromatic rings. The largest absolute Gasteiger partial charge is 0.378 e. The molecule has 0 amide bonds. The molecule has 0 aromatic carbocycles. The molecule has 0 radical (unpaired) electrons. The second-order valence-electron chi connectivity index (χ2n) is 7.98. The second kappa shape index (κ2) is 8.14. The van der Waals surface area contributed by atoms with Crippen LogP contribution < -0.4 is 0 Å². The third kappa shape index (κ3) is 5.12. The van der Waals surface area contributed by atoms with Gasteiger partial charge < -0.3 is 9.30 Å². The molecule has 0 saturated heterocycles. The highest BCUT2D eigenvalue weighted by Gasteiger charge is 2.33. The third-order valence-corrected chi connectivity index (χ3v) is 5.29. The standard InChI is InChI=1S/C19H34N2O/c1-5-14-22-18(10-12-21-13-11-20-15-21)16-6-8-17(9-7-16)19(2,3)4/h11,13,15-18H,5-10,12,14H2,1-4H3. The van der Waals surface area contributed by atoms with Gasteiger partial charge in [0.15, 0.2) is 0 Å². The minimum atomic E-state index is 0.420. The lowest BCUT2D eigenvalue weighted by molar-refractivity contribution is -0.0180. The summed E-state index contributed by atoms with van der Waals surface area (Å²) in [4.78, 5) is 4.13. The zero-order chi connectivity index (χ0) is 16.0. The first-order valence-corrected chi connectivity index (χ1v) is 9.08. The number of rotatable bonds is 7. The van der Waals surface area contributed by atoms with E-state index in [4.69, 9.17) is 4.74 Å². The van der Waals surface area contributed by atoms with E-state index >= 15 is 0 Å². The monoisotopic (exact) mass is 306 g/mol. The van der Waals surface area contributed by atoms with Gasteiger partial charge in [-0.2, -0.15) is 0 Å². The predicted octanol–water partition coefficient (Wildman–Crippen LogP) is 4.92. The fourth-order valence-corrected chi connectivity index (χ4v) is 3.78. The zero-order valence-corrected chi connectivity index (χ0v) is 14.9. The van der Waals surface area contributed by atoms with Crippen molar-refractivity contribution in [3.8, 4) is 0 Å². The van der Waals surface area contributed by atoms with Gasteiger partial charge >= 0.3 is 0 Å². The summed E-state index contributed by atoms with van der Waals surface area (Å²) in [5.74, 6) is 1.62. The molecule has 22 heavy (non-hydrogen) atoms. The van der Waals surface area contributed by atoms with E-state index < -0.39 is 0 Å². The van der Waals surface area contributed by atoms with Crippen molar-refractivity contribution < 1.29 is 4.74 Å². The highest BCUT2D eigenvalue weighted by Crippen LogP contribution is 2.41. The molecule has 126 valence electrons. The van der Waals surface area contributed by atoms with Gasteiger partial charge in [-0.25, -0.2) is 4.98 Å². The quantitative estimate of drug-likeness (QED) is 0.715. The van der Waals surface area contributed by atoms with Crippen LogP contribution in [0.1, 0.15) is 66.2 Å². The van der Waals surface area contributed by atoms with E-state index in [-0.39, 0.29) is 0 Å². The van der Waals surface area contributed by atoms with Gasteiger partial charge in [0.2, 0.25) is 0 Å². The minimum Gasteiger partial charge on any atom is -0.378 e. The summed E-state index contributed by atoms with van der Waals surface area (Å²) >= 11 is 0. The first-order valence-electron chi connectivity index (χ1n) is 9.08. The summed E-state index contributed by atoms with van der Waals surface area (Å²) in [5.41, 5.74) is 0.460. The van der Waals surface area contributed by atoms with Crippen LogP contribution >= 0.6 is 0 Å². The minimum absolute atomic E-state index is 0.420. The van der Waals surface area contributed by atoms with E-state index in [2.05, 4.69) is 37.2 Å². The van der Waals surface area contributed by atoms with Crippen molar-refractivity contribution in [2.24, 2.45) is 17.3 Å². The molecule has 0 spiro atoms. The van der Waals surface area contributed by atoms with Crippen LogP contribution in [0.5, 0.6) is 0 Å². The maximum Gasteiger partial charge on any atom is 0.0945 e. The first kappa shape index (κ1) is 17.5. The van der Waals surface area contributed by atoms with Gasteiger partial charge in [0.25, 0.3) is 0 Å². The molecule has 0 N–H and O–H groups in total. The predicted molar refractivity (Wildman–Crippen MR) is 91.8 cm³/mol. The van der Waals surface area contributed by atoms with E-state index in [0.717, 1.165) is 37.8 Å². The van der Waals surface area contributed by atoms with Gasteiger partial charge in [0, 0.05) is 25.5 Å². The molecule has 2 rings (SSSR count). The van der Waals surface area contributed by atoms with E-state index in [9.17, 15) is 0 Å². The van der Waals surface area contributed by atoms with Crippen LogP contribution in [-0.4, -0.2) is 22.3 Å². The normalized spacial score (nSPS) is 24.4. The highest BCUT2D eigenvalue weighted by atomic mass is 16.5. The Labute approximate surface area is 136 Å². The fourth-order valence-electron chi connectivity index (χ4n) is 3.78. The van der Waals surface area contributed by atoms with E-state index in [1.54, 1.807) is 0 Å². The van der Waals surface area contributed by atoms with Crippen molar-refractivity contribution >= 4 is 0 Å². The maximum absolute atomic E-state index is 6.22. The van der Waals surface area contributed by atoms with Gasteiger partial charge in [0.05, 0.1) is 12.4 Å². The Morgan fingerprint density at radius 2 is 1.95 bits per heavy atom. The Balaban J connectivity index is 1.86. The van der Waals surface area contributed by atoms with Gasteiger partial charge in [-0.1, -0.05) is 27.7 Å². The molecule has 0 bridgehead atoms. The molecule has 1 aliphatic rings. The third-order valence-electron chi connectivity index (χ3n) is 5.29. The SMILES string of the molecule is CCCOC(CCn1ccnc1)C1CCC(C(C)(C)C)CC1. The van der Waals surface area contributed by atoms with Gasteiger partial charge in [-0.05, 0) is 55.8 Å². The molecular weight excluding hydrogens is 272 g/mol. The number of hydrogen-bond donors (Lipinski definition) is 0. The van der Waals surface area contributed by atoms with E-state index in [1.807, 2.05) is 18.7 Å². The average Bonchev–Trinajstić information content (AvgIpc) is 3.00. The Morgan fingerprint density at radius 3 is 2.50 bits per heavy atom. The lowest BCUT2D eigenvalue weighted by Crippen LogP contribution is -2.33. The van der Waals surface area contributed by atoms with Crippen molar-refractivity contribution in [3.05, 3.63) is 18.7 Å². The first-order chi connectivity index (χ1) is 10.5. The van der Waals surface area contributed by atoms with Crippen molar-refractivity contribution in [1.29, 1.82) is 0 Å². The number of nitrogens with zero attached hydrogens (tertiary/aromatic N) is 2. The number of hydrogen-bond acceptors (Lipinski definition) is 2. The highest BCUT2D eigenvalue weighted by molar-refractivity contribution is 4.84. The molecule has 1 atom stereocenters. The van der Waals surface area contributed by atoms with Crippen LogP contribution in [0.25, 0.3) is 0 Å². The molecule has 1 fully saturated rings. The number of ether oxygens (including phenoxy) is 1. The topological polar surface area (TPSA) is 27.1 Å². The van der Waals surface area contributed by atoms with Crippen LogP contribution in [0.3, 0.4) is 0 Å². The summed E-state index contributed by atoms with van der Waals surface area (Å²) in [6, 6.07) is 0. The second-order valence-corrected chi connectivity index (χ2v) is 7.98. The summed E-state index contributed by atoms with van der Waals surface area (Å²) in [5, 5.41) is 0. The molecule has 1 saturated carbocycles. The zero-order valence-electron chi connectivity index (χ0n) is 14.9. The van der Waals surface area contributed by atoms with Crippen LogP contribution in [0.15, 0.2) is 18.7 Å². The Morgan fingerprint density at radius 1 is 1.23 bits per heavy atom. The van der Waals surface area contributed by atoms with Crippen LogP contribution in [-0.2, 0) is 11.3 Å². The molecule has 0 aliphatic heterocycles. The molecule has 3 nitrogen and oxygen atoms in total. The van der Waals surface area contributed by atoms with Gasteiger partial charge in [-0.3, -0.25) is 0 Å². The van der Waals surface area contributed by atoms with Gasteiger partial charge in [0.1, 0.15) is 0 Å². The number of imidazole rings is 1. The smallest absolute Gasteiger partial charge is 0.0945 e. The summed E-state index contributed by atoms with van der Waals surface area (Å²) in [6.07, 6.45) is 13.9. The molecular formula is C19H34N2O. The molecule has 1 aromatic heterocycles. The Hall–Kier alpha value is -0.830. The summed E-state index contributed by atoms with van der Waals surface area (Å²) in [6.45, 7) is 11.3. The number of aryl methyl sites for hydroxylation is 1. The van der Waals surface area contributed by atoms with Crippen molar-refractivity contribution in [3.63, 3.8) is 0 Å². The Kier molecular flexibility index (Phi) is 6.49. The summed E-state index contributed by atoms with van der Waals surface area (Å²) < 4.78 is 8.39. The lowest BCUT2D eigenvalue weighted by Gasteiger charge is -2.39. The Bertz CT molecular complexity index is 400. The van der Waals surface area contributed by atoms with Crippen LogP contribution in [0, 0.1) is 17.3 Å². The molecule has 1 aliphatic carbocycles. The van der Waals surface area contributed by atoms with Crippen LogP contribution in [0.2, 0.25) is 0 Å². The lowest BCUT2D eigenvalue weighted by atomic mass is 9.68. The molecule has 1 heterocycles. The van der Waals surface area contributed by atoms with Crippen molar-refractivity contribution in [2.75, 3.05) is 6.61 Å². The fraction of sp³-hybridized carbons (Fsp3) is 0.842. The average molecular weight is 306 g/mol. The van der Waals surface area contributed by atoms with E-state index in [1.165, 1.54) is 25.7 Å². The molecule has 1 unspecified atom stereocenters. The van der Waals surface area contributed by atoms with Gasteiger partial charge in [-0.15, -0.1) is 0 Å². The van der Waals surface area contributed by atoms with E-state index in [0.29, 0.717) is 11.5 Å². The van der Waals surface area contributed by atoms with Crippen molar-refractivity contribution in [2.45, 2.75) is 78.9 Å².